The molecule has 0 fully saturated rings. The van der Waals surface area contributed by atoms with Crippen LogP contribution in [0.2, 0.25) is 0 Å². The van der Waals surface area contributed by atoms with E-state index < -0.39 is 11.7 Å². The molecule has 25 heavy (non-hydrogen) atoms. The van der Waals surface area contributed by atoms with Crippen molar-refractivity contribution < 1.29 is 18.1 Å². The first-order valence-corrected chi connectivity index (χ1v) is 7.95. The summed E-state index contributed by atoms with van der Waals surface area (Å²) in [6.45, 7) is 7.40. The molecule has 136 valence electrons. The Morgan fingerprint density at radius 1 is 0.840 bits per heavy atom. The Kier molecular flexibility index (Phi) is 7.15. The van der Waals surface area contributed by atoms with E-state index in [1.165, 1.54) is 18.2 Å². The van der Waals surface area contributed by atoms with Crippen LogP contribution < -0.4 is 0 Å². The molecule has 2 aromatic rings. The SMILES string of the molecule is CC(C)c1ccccc1C(F)(F)F.CC(C)c1ccccc1[N+](=O)[O-]. The van der Waals surface area contributed by atoms with Gasteiger partial charge in [-0.25, -0.2) is 0 Å². The van der Waals surface area contributed by atoms with Gasteiger partial charge < -0.3 is 0 Å². The maximum absolute atomic E-state index is 12.4. The number of hydrogen-bond acceptors (Lipinski definition) is 2. The van der Waals surface area contributed by atoms with Crippen LogP contribution in [-0.2, 0) is 6.18 Å². The molecule has 0 heterocycles. The molecule has 0 bridgehead atoms. The number of hydrogen-bond donors (Lipinski definition) is 0. The highest BCUT2D eigenvalue weighted by molar-refractivity contribution is 5.41. The number of para-hydroxylation sites is 1. The van der Waals surface area contributed by atoms with Crippen molar-refractivity contribution in [3.8, 4) is 0 Å². The van der Waals surface area contributed by atoms with Gasteiger partial charge in [-0.1, -0.05) is 64.1 Å². The van der Waals surface area contributed by atoms with Crippen LogP contribution in [0.4, 0.5) is 18.9 Å². The van der Waals surface area contributed by atoms with Gasteiger partial charge in [0.15, 0.2) is 0 Å². The zero-order valence-corrected chi connectivity index (χ0v) is 14.7. The van der Waals surface area contributed by atoms with Gasteiger partial charge in [-0.05, 0) is 23.5 Å². The number of rotatable bonds is 3. The minimum Gasteiger partial charge on any atom is -0.258 e. The summed E-state index contributed by atoms with van der Waals surface area (Å²) in [7, 11) is 0. The smallest absolute Gasteiger partial charge is 0.258 e. The normalized spacial score (nSPS) is 11.2. The summed E-state index contributed by atoms with van der Waals surface area (Å²) in [6.07, 6.45) is -4.24. The Balaban J connectivity index is 0.000000251. The van der Waals surface area contributed by atoms with Crippen LogP contribution in [0.15, 0.2) is 48.5 Å². The van der Waals surface area contributed by atoms with E-state index in [1.807, 2.05) is 19.9 Å². The fourth-order valence-corrected chi connectivity index (χ4v) is 2.40. The standard InChI is InChI=1S/C10H11F3.C9H11NO2/c1-7(2)8-5-3-4-6-9(8)10(11,12)13;1-7(2)8-5-3-4-6-9(8)10(11)12/h3-7H,1-2H3;3-7H,1-2H3. The zero-order valence-electron chi connectivity index (χ0n) is 14.7. The Morgan fingerprint density at radius 2 is 1.28 bits per heavy atom. The largest absolute Gasteiger partial charge is 0.416 e. The van der Waals surface area contributed by atoms with Gasteiger partial charge in [0.1, 0.15) is 0 Å². The summed E-state index contributed by atoms with van der Waals surface area (Å²) in [6, 6.07) is 12.5. The minimum absolute atomic E-state index is 0.0992. The molecular formula is C19H22F3NO2. The fraction of sp³-hybridized carbons (Fsp3) is 0.368. The second-order valence-electron chi connectivity index (χ2n) is 6.21. The van der Waals surface area contributed by atoms with Gasteiger partial charge in [0.2, 0.25) is 0 Å². The van der Waals surface area contributed by atoms with Crippen LogP contribution in [0.25, 0.3) is 0 Å². The molecule has 0 radical (unpaired) electrons. The molecule has 2 aromatic carbocycles. The third-order valence-electron chi connectivity index (χ3n) is 3.64. The number of benzene rings is 2. The van der Waals surface area contributed by atoms with Crippen molar-refractivity contribution in [2.75, 3.05) is 0 Å². The molecule has 0 saturated heterocycles. The summed E-state index contributed by atoms with van der Waals surface area (Å²) in [5.74, 6) is 0.101. The minimum atomic E-state index is -4.24. The summed E-state index contributed by atoms with van der Waals surface area (Å²) >= 11 is 0. The second-order valence-corrected chi connectivity index (χ2v) is 6.21. The number of nitrogens with zero attached hydrogens (tertiary/aromatic N) is 1. The molecule has 0 atom stereocenters. The Morgan fingerprint density at radius 3 is 1.64 bits per heavy atom. The fourth-order valence-electron chi connectivity index (χ4n) is 2.40. The molecule has 0 aliphatic carbocycles. The Bertz CT molecular complexity index is 710. The van der Waals surface area contributed by atoms with Crippen molar-refractivity contribution >= 4 is 5.69 Å². The van der Waals surface area contributed by atoms with Crippen LogP contribution in [0.1, 0.15) is 56.2 Å². The molecule has 0 spiro atoms. The van der Waals surface area contributed by atoms with E-state index in [1.54, 1.807) is 32.0 Å². The van der Waals surface area contributed by atoms with E-state index in [0.717, 1.165) is 11.6 Å². The third kappa shape index (κ3) is 5.89. The van der Waals surface area contributed by atoms with Gasteiger partial charge in [-0.3, -0.25) is 10.1 Å². The van der Waals surface area contributed by atoms with Gasteiger partial charge in [0.25, 0.3) is 5.69 Å². The monoisotopic (exact) mass is 353 g/mol. The zero-order chi connectivity index (χ0) is 19.2. The lowest BCUT2D eigenvalue weighted by molar-refractivity contribution is -0.385. The van der Waals surface area contributed by atoms with E-state index in [4.69, 9.17) is 0 Å². The van der Waals surface area contributed by atoms with Crippen LogP contribution in [0, 0.1) is 10.1 Å². The molecule has 0 amide bonds. The Hall–Kier alpha value is -2.37. The summed E-state index contributed by atoms with van der Waals surface area (Å²) in [5.41, 5.74) is 0.843. The average Bonchev–Trinajstić information content (AvgIpc) is 2.54. The molecular weight excluding hydrogens is 331 g/mol. The first-order chi connectivity index (χ1) is 11.6. The number of halogens is 3. The highest BCUT2D eigenvalue weighted by atomic mass is 19.4. The second kappa shape index (κ2) is 8.65. The van der Waals surface area contributed by atoms with Crippen LogP contribution in [0.3, 0.4) is 0 Å². The van der Waals surface area contributed by atoms with Crippen molar-refractivity contribution in [3.05, 3.63) is 75.3 Å². The molecule has 0 aromatic heterocycles. The van der Waals surface area contributed by atoms with Gasteiger partial charge in [-0.15, -0.1) is 0 Å². The lowest BCUT2D eigenvalue weighted by atomic mass is 9.97. The van der Waals surface area contributed by atoms with E-state index in [0.29, 0.717) is 5.56 Å². The van der Waals surface area contributed by atoms with Crippen LogP contribution in [0.5, 0.6) is 0 Å². The third-order valence-corrected chi connectivity index (χ3v) is 3.64. The van der Waals surface area contributed by atoms with Gasteiger partial charge in [0.05, 0.1) is 10.5 Å². The molecule has 0 aliphatic rings. The van der Waals surface area contributed by atoms with Crippen LogP contribution in [-0.4, -0.2) is 4.92 Å². The summed E-state index contributed by atoms with van der Waals surface area (Å²) in [4.78, 5) is 10.2. The van der Waals surface area contributed by atoms with Crippen molar-refractivity contribution in [1.82, 2.24) is 0 Å². The van der Waals surface area contributed by atoms with Crippen molar-refractivity contribution in [1.29, 1.82) is 0 Å². The average molecular weight is 353 g/mol. The number of nitro benzene ring substituents is 1. The predicted molar refractivity (Wildman–Crippen MR) is 92.7 cm³/mol. The lowest BCUT2D eigenvalue weighted by Gasteiger charge is -2.14. The Labute approximate surface area is 145 Å². The number of alkyl halides is 3. The molecule has 0 aliphatic heterocycles. The summed E-state index contributed by atoms with van der Waals surface area (Å²) in [5, 5.41) is 10.5. The van der Waals surface area contributed by atoms with Gasteiger partial charge in [-0.2, -0.15) is 13.2 Å². The molecule has 2 rings (SSSR count). The van der Waals surface area contributed by atoms with E-state index in [2.05, 4.69) is 0 Å². The summed E-state index contributed by atoms with van der Waals surface area (Å²) < 4.78 is 37.2. The molecule has 6 heteroatoms. The number of nitro groups is 1. The van der Waals surface area contributed by atoms with E-state index in [-0.39, 0.29) is 22.4 Å². The van der Waals surface area contributed by atoms with Crippen LogP contribution >= 0.6 is 0 Å². The highest BCUT2D eigenvalue weighted by Gasteiger charge is 2.33. The maximum Gasteiger partial charge on any atom is 0.416 e. The quantitative estimate of drug-likeness (QED) is 0.464. The predicted octanol–water partition coefficient (Wildman–Crippen LogP) is 6.55. The first-order valence-electron chi connectivity index (χ1n) is 7.95. The molecule has 0 saturated carbocycles. The van der Waals surface area contributed by atoms with Crippen molar-refractivity contribution in [2.45, 2.75) is 45.7 Å². The molecule has 3 nitrogen and oxygen atoms in total. The lowest BCUT2D eigenvalue weighted by Crippen LogP contribution is -2.09. The van der Waals surface area contributed by atoms with Crippen molar-refractivity contribution in [2.24, 2.45) is 0 Å². The van der Waals surface area contributed by atoms with Gasteiger partial charge >= 0.3 is 6.18 Å². The van der Waals surface area contributed by atoms with E-state index >= 15 is 0 Å². The first kappa shape index (κ1) is 20.7. The van der Waals surface area contributed by atoms with Gasteiger partial charge in [0, 0.05) is 11.6 Å². The highest BCUT2D eigenvalue weighted by Crippen LogP contribution is 2.34. The molecule has 0 N–H and O–H groups in total. The topological polar surface area (TPSA) is 43.1 Å². The van der Waals surface area contributed by atoms with Crippen molar-refractivity contribution in [3.63, 3.8) is 0 Å². The maximum atomic E-state index is 12.4. The van der Waals surface area contributed by atoms with E-state index in [9.17, 15) is 23.3 Å². The molecule has 0 unspecified atom stereocenters.